The van der Waals surface area contributed by atoms with Crippen molar-refractivity contribution in [1.82, 2.24) is 19.9 Å². The molecule has 0 saturated carbocycles. The van der Waals surface area contributed by atoms with Crippen LogP contribution in [-0.2, 0) is 19.4 Å². The highest BCUT2D eigenvalue weighted by Gasteiger charge is 2.15. The summed E-state index contributed by atoms with van der Waals surface area (Å²) in [5.41, 5.74) is 4.92. The minimum atomic E-state index is -0.0621. The number of imidazole rings is 1. The molecule has 1 amide bonds. The van der Waals surface area contributed by atoms with Gasteiger partial charge in [0, 0.05) is 47.2 Å². The minimum Gasteiger partial charge on any atom is -0.361 e. The first kappa shape index (κ1) is 18.3. The fraction of sp³-hybridized carbons (Fsp3) is 0.304. The van der Waals surface area contributed by atoms with E-state index in [1.807, 2.05) is 42.6 Å². The number of halogens is 1. The van der Waals surface area contributed by atoms with Crippen molar-refractivity contribution in [3.63, 3.8) is 0 Å². The van der Waals surface area contributed by atoms with Gasteiger partial charge in [0.1, 0.15) is 5.82 Å². The van der Waals surface area contributed by atoms with Gasteiger partial charge in [-0.1, -0.05) is 18.0 Å². The summed E-state index contributed by atoms with van der Waals surface area (Å²) in [6.45, 7) is 1.59. The molecule has 2 N–H and O–H groups in total. The Balaban J connectivity index is 1.29. The van der Waals surface area contributed by atoms with Gasteiger partial charge in [-0.25, -0.2) is 4.98 Å². The second-order valence-corrected chi connectivity index (χ2v) is 8.14. The van der Waals surface area contributed by atoms with Gasteiger partial charge in [-0.2, -0.15) is 0 Å². The van der Waals surface area contributed by atoms with E-state index in [1.54, 1.807) is 0 Å². The molecule has 0 aliphatic carbocycles. The van der Waals surface area contributed by atoms with Crippen molar-refractivity contribution in [1.29, 1.82) is 0 Å². The van der Waals surface area contributed by atoms with Crippen LogP contribution in [0.2, 0.25) is 5.02 Å². The first-order chi connectivity index (χ1) is 14.2. The number of fused-ring (bicyclic) bond motifs is 4. The molecule has 0 bridgehead atoms. The number of nitrogens with zero attached hydrogens (tertiary/aromatic N) is 2. The molecule has 0 atom stereocenters. The molecule has 0 spiro atoms. The van der Waals surface area contributed by atoms with Crippen molar-refractivity contribution < 1.29 is 4.79 Å². The van der Waals surface area contributed by atoms with E-state index in [9.17, 15) is 4.79 Å². The summed E-state index contributed by atoms with van der Waals surface area (Å²) >= 11 is 6.12. The van der Waals surface area contributed by atoms with E-state index >= 15 is 0 Å². The number of aromatic amines is 1. The van der Waals surface area contributed by atoms with Gasteiger partial charge in [-0.3, -0.25) is 4.79 Å². The van der Waals surface area contributed by atoms with Crippen LogP contribution in [0.5, 0.6) is 0 Å². The molecule has 3 heterocycles. The largest absolute Gasteiger partial charge is 0.361 e. The first-order valence-electron chi connectivity index (χ1n) is 10.2. The van der Waals surface area contributed by atoms with Crippen molar-refractivity contribution in [2.24, 2.45) is 0 Å². The van der Waals surface area contributed by atoms with Crippen molar-refractivity contribution >= 4 is 39.4 Å². The third kappa shape index (κ3) is 3.51. The van der Waals surface area contributed by atoms with Gasteiger partial charge in [-0.15, -0.1) is 0 Å². The number of carbonyl (C=O) groups excluding carboxylic acids is 1. The highest BCUT2D eigenvalue weighted by Crippen LogP contribution is 2.24. The van der Waals surface area contributed by atoms with E-state index in [1.165, 1.54) is 19.3 Å². The first-order valence-corrected chi connectivity index (χ1v) is 10.6. The molecule has 2 aromatic heterocycles. The second-order valence-electron chi connectivity index (χ2n) is 7.70. The van der Waals surface area contributed by atoms with Crippen LogP contribution in [0.4, 0.5) is 0 Å². The Morgan fingerprint density at radius 3 is 3.03 bits per heavy atom. The molecule has 5 rings (SSSR count). The molecule has 148 valence electrons. The Labute approximate surface area is 174 Å². The van der Waals surface area contributed by atoms with Crippen molar-refractivity contribution in [2.45, 2.75) is 38.6 Å². The molecule has 0 radical (unpaired) electrons. The maximum atomic E-state index is 12.7. The highest BCUT2D eigenvalue weighted by atomic mass is 35.5. The second kappa shape index (κ2) is 7.56. The molecular formula is C23H23ClN4O. The SMILES string of the molecule is O=C(NCCc1c[nH]c2ccc(Cl)cc12)c1ccc2c(c1)nc1n2CCCCC1. The summed E-state index contributed by atoms with van der Waals surface area (Å²) in [6.07, 6.45) is 7.39. The van der Waals surface area contributed by atoms with Gasteiger partial charge in [0.25, 0.3) is 5.91 Å². The summed E-state index contributed by atoms with van der Waals surface area (Å²) in [5, 5.41) is 4.85. The maximum Gasteiger partial charge on any atom is 0.251 e. The molecule has 29 heavy (non-hydrogen) atoms. The van der Waals surface area contributed by atoms with Crippen LogP contribution in [0.3, 0.4) is 0 Å². The third-order valence-electron chi connectivity index (χ3n) is 5.78. The van der Waals surface area contributed by atoms with Gasteiger partial charge in [0.05, 0.1) is 11.0 Å². The topological polar surface area (TPSA) is 62.7 Å². The van der Waals surface area contributed by atoms with Gasteiger partial charge in [0.2, 0.25) is 0 Å². The number of aromatic nitrogens is 3. The number of carbonyl (C=O) groups is 1. The Morgan fingerprint density at radius 1 is 1.17 bits per heavy atom. The molecular weight excluding hydrogens is 384 g/mol. The van der Waals surface area contributed by atoms with Gasteiger partial charge < -0.3 is 14.9 Å². The third-order valence-corrected chi connectivity index (χ3v) is 6.02. The number of hydrogen-bond acceptors (Lipinski definition) is 2. The fourth-order valence-electron chi connectivity index (χ4n) is 4.26. The standard InChI is InChI=1S/C23H23ClN4O/c24-17-6-7-19-18(13-17)16(14-26-19)9-10-25-23(29)15-5-8-21-20(12-15)27-22-4-2-1-3-11-28(21)22/h5-8,12-14,26H,1-4,9-11H2,(H,25,29). The van der Waals surface area contributed by atoms with Crippen LogP contribution < -0.4 is 5.32 Å². The lowest BCUT2D eigenvalue weighted by Crippen LogP contribution is -2.25. The Kier molecular flexibility index (Phi) is 4.76. The van der Waals surface area contributed by atoms with Crippen LogP contribution in [-0.4, -0.2) is 27.0 Å². The Morgan fingerprint density at radius 2 is 2.10 bits per heavy atom. The van der Waals surface area contributed by atoms with Crippen LogP contribution >= 0.6 is 11.6 Å². The number of benzene rings is 2. The summed E-state index contributed by atoms with van der Waals surface area (Å²) < 4.78 is 2.31. The normalized spacial score (nSPS) is 14.1. The van der Waals surface area contributed by atoms with Gasteiger partial charge in [0.15, 0.2) is 0 Å². The predicted octanol–water partition coefficient (Wildman–Crippen LogP) is 4.87. The molecule has 5 nitrogen and oxygen atoms in total. The van der Waals surface area contributed by atoms with Crippen molar-refractivity contribution in [3.05, 3.63) is 64.6 Å². The lowest BCUT2D eigenvalue weighted by molar-refractivity contribution is 0.0954. The molecule has 1 aliphatic rings. The lowest BCUT2D eigenvalue weighted by Gasteiger charge is -2.06. The quantitative estimate of drug-likeness (QED) is 0.507. The lowest BCUT2D eigenvalue weighted by atomic mass is 10.1. The summed E-state index contributed by atoms with van der Waals surface area (Å²) in [7, 11) is 0. The molecule has 0 saturated heterocycles. The number of aryl methyl sites for hydroxylation is 2. The average Bonchev–Trinajstić information content (AvgIpc) is 3.19. The summed E-state index contributed by atoms with van der Waals surface area (Å²) in [5.74, 6) is 1.08. The average molecular weight is 407 g/mol. The fourth-order valence-corrected chi connectivity index (χ4v) is 4.43. The molecule has 1 aliphatic heterocycles. The smallest absolute Gasteiger partial charge is 0.251 e. The van der Waals surface area contributed by atoms with Crippen LogP contribution in [0.15, 0.2) is 42.6 Å². The Bertz CT molecular complexity index is 1210. The number of hydrogen-bond donors (Lipinski definition) is 2. The number of nitrogens with one attached hydrogen (secondary N) is 2. The molecule has 6 heteroatoms. The minimum absolute atomic E-state index is 0.0621. The molecule has 2 aromatic carbocycles. The molecule has 0 fully saturated rings. The van der Waals surface area contributed by atoms with Gasteiger partial charge >= 0.3 is 0 Å². The van der Waals surface area contributed by atoms with Crippen molar-refractivity contribution in [3.8, 4) is 0 Å². The zero-order chi connectivity index (χ0) is 19.8. The van der Waals surface area contributed by atoms with Crippen molar-refractivity contribution in [2.75, 3.05) is 6.54 Å². The van der Waals surface area contributed by atoms with E-state index in [4.69, 9.17) is 16.6 Å². The molecule has 4 aromatic rings. The monoisotopic (exact) mass is 406 g/mol. The van der Waals surface area contributed by atoms with E-state index in [0.29, 0.717) is 17.1 Å². The van der Waals surface area contributed by atoms with E-state index in [0.717, 1.165) is 52.7 Å². The zero-order valence-corrected chi connectivity index (χ0v) is 16.9. The number of H-pyrrole nitrogens is 1. The maximum absolute atomic E-state index is 12.7. The number of amides is 1. The van der Waals surface area contributed by atoms with Crippen LogP contribution in [0.1, 0.15) is 41.0 Å². The predicted molar refractivity (Wildman–Crippen MR) is 117 cm³/mol. The van der Waals surface area contributed by atoms with Gasteiger partial charge in [-0.05, 0) is 61.2 Å². The highest BCUT2D eigenvalue weighted by molar-refractivity contribution is 6.31. The summed E-state index contributed by atoms with van der Waals surface area (Å²) in [4.78, 5) is 20.7. The molecule has 0 unspecified atom stereocenters. The van der Waals surface area contributed by atoms with E-state index in [-0.39, 0.29) is 5.91 Å². The van der Waals surface area contributed by atoms with Crippen LogP contribution in [0.25, 0.3) is 21.9 Å². The summed E-state index contributed by atoms with van der Waals surface area (Å²) in [6, 6.07) is 11.7. The zero-order valence-electron chi connectivity index (χ0n) is 16.2. The number of rotatable bonds is 4. The van der Waals surface area contributed by atoms with E-state index in [2.05, 4.69) is 14.9 Å². The Hall–Kier alpha value is -2.79. The van der Waals surface area contributed by atoms with Crippen LogP contribution in [0, 0.1) is 0 Å². The van der Waals surface area contributed by atoms with E-state index < -0.39 is 0 Å².